The highest BCUT2D eigenvalue weighted by atomic mass is 35.5. The van der Waals surface area contributed by atoms with Crippen molar-refractivity contribution in [1.29, 1.82) is 0 Å². The first-order chi connectivity index (χ1) is 10.5. The fourth-order valence-electron chi connectivity index (χ4n) is 2.79. The predicted octanol–water partition coefficient (Wildman–Crippen LogP) is 2.48. The Morgan fingerprint density at radius 3 is 2.95 bits per heavy atom. The third-order valence-corrected chi connectivity index (χ3v) is 4.57. The van der Waals surface area contributed by atoms with E-state index in [2.05, 4.69) is 15.6 Å². The second kappa shape index (κ2) is 5.99. The molecule has 1 aliphatic rings. The molecule has 0 radical (unpaired) electrons. The van der Waals surface area contributed by atoms with E-state index >= 15 is 0 Å². The van der Waals surface area contributed by atoms with Crippen molar-refractivity contribution in [2.24, 2.45) is 0 Å². The van der Waals surface area contributed by atoms with E-state index in [-0.39, 0.29) is 5.91 Å². The van der Waals surface area contributed by atoms with E-state index in [1.165, 1.54) is 0 Å². The number of fused-ring (bicyclic) bond motifs is 3. The summed E-state index contributed by atoms with van der Waals surface area (Å²) in [6.07, 6.45) is 0.529. The highest BCUT2D eigenvalue weighted by Crippen LogP contribution is 2.39. The minimum absolute atomic E-state index is 0.00722. The van der Waals surface area contributed by atoms with Gasteiger partial charge in [0.25, 0.3) is 0 Å². The molecule has 0 bridgehead atoms. The largest absolute Gasteiger partial charge is 0.392 e. The third-order valence-electron chi connectivity index (χ3n) is 3.78. The molecule has 1 atom stereocenters. The summed E-state index contributed by atoms with van der Waals surface area (Å²) < 4.78 is 0. The number of hydrogen-bond donors (Lipinski definition) is 4. The topological polar surface area (TPSA) is 77.2 Å². The summed E-state index contributed by atoms with van der Waals surface area (Å²) in [7, 11) is 0. The Labute approximate surface area is 138 Å². The molecule has 2 heterocycles. The Balaban J connectivity index is 2.19. The van der Waals surface area contributed by atoms with Gasteiger partial charge >= 0.3 is 0 Å². The van der Waals surface area contributed by atoms with Crippen molar-refractivity contribution in [1.82, 2.24) is 10.3 Å². The summed E-state index contributed by atoms with van der Waals surface area (Å²) in [6, 6.07) is 1.74. The molecule has 1 aromatic heterocycles. The molecular formula is C15H17Cl2N3O2. The molecule has 0 aliphatic carbocycles. The average molecular weight is 342 g/mol. The van der Waals surface area contributed by atoms with E-state index in [0.29, 0.717) is 29.6 Å². The van der Waals surface area contributed by atoms with Crippen molar-refractivity contribution in [2.75, 3.05) is 18.4 Å². The summed E-state index contributed by atoms with van der Waals surface area (Å²) in [5.41, 5.74) is 3.45. The van der Waals surface area contributed by atoms with Crippen molar-refractivity contribution >= 4 is 45.7 Å². The number of amides is 1. The van der Waals surface area contributed by atoms with Gasteiger partial charge in [-0.15, -0.1) is 0 Å². The van der Waals surface area contributed by atoms with E-state index in [4.69, 9.17) is 23.2 Å². The lowest BCUT2D eigenvalue weighted by Crippen LogP contribution is -2.24. The molecular weight excluding hydrogens is 325 g/mol. The molecule has 0 saturated heterocycles. The number of aromatic amines is 1. The normalized spacial score (nSPS) is 16.1. The summed E-state index contributed by atoms with van der Waals surface area (Å²) in [5.74, 6) is -0.00722. The van der Waals surface area contributed by atoms with Gasteiger partial charge in [0, 0.05) is 36.3 Å². The molecule has 22 heavy (non-hydrogen) atoms. The number of aliphatic hydroxyl groups excluding tert-OH is 1. The van der Waals surface area contributed by atoms with Crippen molar-refractivity contribution in [3.8, 4) is 0 Å². The molecule has 2 aromatic rings. The molecule has 4 N–H and O–H groups in total. The minimum Gasteiger partial charge on any atom is -0.392 e. The number of carbonyl (C=O) groups is 1. The number of aliphatic hydroxyl groups is 1. The van der Waals surface area contributed by atoms with Crippen LogP contribution in [0.5, 0.6) is 0 Å². The Hall–Kier alpha value is -1.43. The molecule has 5 nitrogen and oxygen atoms in total. The van der Waals surface area contributed by atoms with Crippen LogP contribution in [0.4, 0.5) is 5.69 Å². The lowest BCUT2D eigenvalue weighted by molar-refractivity contribution is -0.120. The molecule has 3 rings (SSSR count). The first-order valence-corrected chi connectivity index (χ1v) is 7.93. The van der Waals surface area contributed by atoms with Crippen molar-refractivity contribution in [3.05, 3.63) is 27.4 Å². The monoisotopic (exact) mass is 341 g/mol. The number of carbonyl (C=O) groups excluding carboxylic acids is 1. The molecule has 7 heteroatoms. The SMILES string of the molecule is CC(O)CNc1cc(Cl)c(Cl)c2[nH]c3c(c12)CC(=O)NCC3. The van der Waals surface area contributed by atoms with Gasteiger partial charge in [-0.1, -0.05) is 23.2 Å². The van der Waals surface area contributed by atoms with E-state index in [1.54, 1.807) is 13.0 Å². The molecule has 0 fully saturated rings. The van der Waals surface area contributed by atoms with Crippen LogP contribution >= 0.6 is 23.2 Å². The number of nitrogens with one attached hydrogen (secondary N) is 3. The Bertz CT molecular complexity index is 740. The highest BCUT2D eigenvalue weighted by Gasteiger charge is 2.23. The van der Waals surface area contributed by atoms with Crippen molar-refractivity contribution in [3.63, 3.8) is 0 Å². The van der Waals surface area contributed by atoms with Crippen LogP contribution in [-0.2, 0) is 17.6 Å². The maximum atomic E-state index is 11.9. The standard InChI is InChI=1S/C15H17Cl2N3O2/c1-7(21)6-19-11-5-9(16)14(17)15-13(11)8-4-12(22)18-3-2-10(8)20-15/h5,7,19-21H,2-4,6H2,1H3,(H,18,22). The number of benzene rings is 1. The van der Waals surface area contributed by atoms with Gasteiger partial charge in [0.2, 0.25) is 5.91 Å². The van der Waals surface area contributed by atoms with Crippen LogP contribution in [0.2, 0.25) is 10.0 Å². The van der Waals surface area contributed by atoms with Gasteiger partial charge in [-0.2, -0.15) is 0 Å². The van der Waals surface area contributed by atoms with Gasteiger partial charge in [0.1, 0.15) is 0 Å². The van der Waals surface area contributed by atoms with Gasteiger partial charge in [-0.25, -0.2) is 0 Å². The first-order valence-electron chi connectivity index (χ1n) is 7.17. The van der Waals surface area contributed by atoms with Crippen LogP contribution < -0.4 is 10.6 Å². The van der Waals surface area contributed by atoms with Gasteiger partial charge in [-0.3, -0.25) is 4.79 Å². The van der Waals surface area contributed by atoms with E-state index in [9.17, 15) is 9.90 Å². The van der Waals surface area contributed by atoms with Gasteiger partial charge < -0.3 is 20.7 Å². The minimum atomic E-state index is -0.495. The van der Waals surface area contributed by atoms with E-state index in [1.807, 2.05) is 0 Å². The molecule has 1 unspecified atom stereocenters. The first kappa shape index (κ1) is 15.5. The zero-order valence-corrected chi connectivity index (χ0v) is 13.6. The maximum absolute atomic E-state index is 11.9. The molecule has 0 saturated carbocycles. The van der Waals surface area contributed by atoms with Crippen LogP contribution in [0, 0.1) is 0 Å². The molecule has 1 amide bonds. The predicted molar refractivity (Wildman–Crippen MR) is 88.9 cm³/mol. The van der Waals surface area contributed by atoms with Crippen LogP contribution in [0.1, 0.15) is 18.2 Å². The highest BCUT2D eigenvalue weighted by molar-refractivity contribution is 6.45. The molecule has 118 valence electrons. The number of aromatic nitrogens is 1. The lowest BCUT2D eigenvalue weighted by Gasteiger charge is -2.12. The zero-order chi connectivity index (χ0) is 15.9. The van der Waals surface area contributed by atoms with Crippen LogP contribution in [0.3, 0.4) is 0 Å². The Morgan fingerprint density at radius 2 is 2.23 bits per heavy atom. The molecule has 1 aliphatic heterocycles. The van der Waals surface area contributed by atoms with Crippen LogP contribution in [-0.4, -0.2) is 35.2 Å². The van der Waals surface area contributed by atoms with E-state index < -0.39 is 6.10 Å². The van der Waals surface area contributed by atoms with E-state index in [0.717, 1.165) is 34.3 Å². The van der Waals surface area contributed by atoms with Gasteiger partial charge in [0.05, 0.1) is 28.1 Å². The number of anilines is 1. The quantitative estimate of drug-likeness (QED) is 0.692. The van der Waals surface area contributed by atoms with Crippen molar-refractivity contribution < 1.29 is 9.90 Å². The number of halogens is 2. The van der Waals surface area contributed by atoms with Gasteiger partial charge in [0.15, 0.2) is 0 Å². The maximum Gasteiger partial charge on any atom is 0.224 e. The van der Waals surface area contributed by atoms with Crippen LogP contribution in [0.15, 0.2) is 6.07 Å². The fraction of sp³-hybridized carbons (Fsp3) is 0.400. The summed E-state index contributed by atoms with van der Waals surface area (Å²) in [5, 5.41) is 17.3. The average Bonchev–Trinajstić information content (AvgIpc) is 2.70. The second-order valence-electron chi connectivity index (χ2n) is 5.56. The third kappa shape index (κ3) is 2.76. The Morgan fingerprint density at radius 1 is 1.45 bits per heavy atom. The summed E-state index contributed by atoms with van der Waals surface area (Å²) in [6.45, 7) is 2.69. The Kier molecular flexibility index (Phi) is 4.21. The number of hydrogen-bond acceptors (Lipinski definition) is 3. The van der Waals surface area contributed by atoms with Crippen LogP contribution in [0.25, 0.3) is 10.9 Å². The smallest absolute Gasteiger partial charge is 0.224 e. The molecule has 1 aromatic carbocycles. The number of H-pyrrole nitrogens is 1. The number of rotatable bonds is 3. The fourth-order valence-corrected chi connectivity index (χ4v) is 3.19. The van der Waals surface area contributed by atoms with Gasteiger partial charge in [-0.05, 0) is 18.6 Å². The molecule has 0 spiro atoms. The van der Waals surface area contributed by atoms with Crippen molar-refractivity contribution in [2.45, 2.75) is 25.9 Å². The summed E-state index contributed by atoms with van der Waals surface area (Å²) in [4.78, 5) is 15.2. The second-order valence-corrected chi connectivity index (χ2v) is 6.34. The zero-order valence-electron chi connectivity index (χ0n) is 12.1. The lowest BCUT2D eigenvalue weighted by atomic mass is 10.0. The summed E-state index contributed by atoms with van der Waals surface area (Å²) >= 11 is 12.5.